The number of carbonyl (C=O) groups is 1. The topological polar surface area (TPSA) is 97.0 Å². The number of carbonyl (C=O) groups excluding carboxylic acids is 1. The fourth-order valence-corrected chi connectivity index (χ4v) is 3.98. The summed E-state index contributed by atoms with van der Waals surface area (Å²) in [6.07, 6.45) is 4.26. The van der Waals surface area contributed by atoms with Crippen molar-refractivity contribution in [1.29, 1.82) is 0 Å². The van der Waals surface area contributed by atoms with Gasteiger partial charge in [-0.1, -0.05) is 23.7 Å². The minimum Gasteiger partial charge on any atom is -0.454 e. The first-order chi connectivity index (χ1) is 17.8. The molecule has 37 heavy (non-hydrogen) atoms. The average Bonchev–Trinajstić information content (AvgIpc) is 2.87. The SMILES string of the molecule is Cc1[nH]cc(C(=O)Nc2ccc(Oc3ccnc4cnc(Cl)cc34)c(F)c2)c(=O)c1-c1ccc(F)cc1. The van der Waals surface area contributed by atoms with E-state index in [0.717, 1.165) is 6.07 Å². The van der Waals surface area contributed by atoms with Gasteiger partial charge in [-0.25, -0.2) is 13.8 Å². The number of H-pyrrole nitrogens is 1. The van der Waals surface area contributed by atoms with Crippen LogP contribution in [0.1, 0.15) is 16.1 Å². The summed E-state index contributed by atoms with van der Waals surface area (Å²) in [5.41, 5.74) is 1.13. The highest BCUT2D eigenvalue weighted by atomic mass is 35.5. The molecule has 0 saturated carbocycles. The molecule has 10 heteroatoms. The Bertz CT molecular complexity index is 1720. The molecule has 0 radical (unpaired) electrons. The largest absolute Gasteiger partial charge is 0.454 e. The van der Waals surface area contributed by atoms with Crippen molar-refractivity contribution in [3.05, 3.63) is 111 Å². The fourth-order valence-electron chi connectivity index (χ4n) is 3.82. The number of benzene rings is 2. The minimum absolute atomic E-state index is 0.0924. The summed E-state index contributed by atoms with van der Waals surface area (Å²) in [5.74, 6) is -1.69. The zero-order chi connectivity index (χ0) is 26.1. The van der Waals surface area contributed by atoms with E-state index in [0.29, 0.717) is 27.9 Å². The van der Waals surface area contributed by atoms with E-state index in [1.165, 1.54) is 55.0 Å². The lowest BCUT2D eigenvalue weighted by Gasteiger charge is -2.12. The molecule has 7 nitrogen and oxygen atoms in total. The van der Waals surface area contributed by atoms with Crippen LogP contribution in [0.2, 0.25) is 5.15 Å². The van der Waals surface area contributed by atoms with Crippen LogP contribution < -0.4 is 15.5 Å². The molecule has 1 amide bonds. The van der Waals surface area contributed by atoms with Crippen molar-refractivity contribution >= 4 is 34.1 Å². The second-order valence-electron chi connectivity index (χ2n) is 8.07. The predicted molar refractivity (Wildman–Crippen MR) is 136 cm³/mol. The first kappa shape index (κ1) is 24.1. The lowest BCUT2D eigenvalue weighted by molar-refractivity contribution is 0.102. The molecule has 2 N–H and O–H groups in total. The molecular formula is C27H17ClF2N4O3. The standard InChI is InChI=1S/C27H17ClF2N4O3/c1-14-25(15-2-4-16(29)5-3-15)26(35)19(12-32-14)27(36)34-17-6-7-23(20(30)10-17)37-22-8-9-31-21-13-33-24(28)11-18(21)22/h2-13H,1H3,(H,32,35)(H,34,36). The Kier molecular flexibility index (Phi) is 6.37. The number of pyridine rings is 3. The Morgan fingerprint density at radius 2 is 1.81 bits per heavy atom. The monoisotopic (exact) mass is 518 g/mol. The first-order valence-corrected chi connectivity index (χ1v) is 11.3. The van der Waals surface area contributed by atoms with Crippen molar-refractivity contribution in [2.75, 3.05) is 5.32 Å². The highest BCUT2D eigenvalue weighted by Crippen LogP contribution is 2.32. The van der Waals surface area contributed by atoms with Crippen LogP contribution >= 0.6 is 11.6 Å². The number of amides is 1. The van der Waals surface area contributed by atoms with E-state index in [9.17, 15) is 18.4 Å². The number of hydrogen-bond donors (Lipinski definition) is 2. The Morgan fingerprint density at radius 1 is 1.03 bits per heavy atom. The van der Waals surface area contributed by atoms with Gasteiger partial charge in [0, 0.05) is 40.8 Å². The fraction of sp³-hybridized carbons (Fsp3) is 0.0370. The number of rotatable bonds is 5. The Morgan fingerprint density at radius 3 is 2.57 bits per heavy atom. The molecule has 0 aliphatic heterocycles. The van der Waals surface area contributed by atoms with Crippen LogP contribution in [0.5, 0.6) is 11.5 Å². The summed E-state index contributed by atoms with van der Waals surface area (Å²) in [6, 6.07) is 12.4. The number of anilines is 1. The molecule has 0 unspecified atom stereocenters. The lowest BCUT2D eigenvalue weighted by atomic mass is 10.0. The van der Waals surface area contributed by atoms with Crippen molar-refractivity contribution in [1.82, 2.24) is 15.0 Å². The maximum atomic E-state index is 14.9. The number of nitrogens with zero attached hydrogens (tertiary/aromatic N) is 2. The second kappa shape index (κ2) is 9.79. The summed E-state index contributed by atoms with van der Waals surface area (Å²) in [4.78, 5) is 37.0. The highest BCUT2D eigenvalue weighted by Gasteiger charge is 2.18. The van der Waals surface area contributed by atoms with E-state index in [2.05, 4.69) is 20.3 Å². The molecule has 2 aromatic carbocycles. The van der Waals surface area contributed by atoms with Crippen molar-refractivity contribution in [2.24, 2.45) is 0 Å². The normalized spacial score (nSPS) is 10.9. The summed E-state index contributed by atoms with van der Waals surface area (Å²) >= 11 is 5.97. The van der Waals surface area contributed by atoms with Gasteiger partial charge >= 0.3 is 0 Å². The molecule has 3 aromatic heterocycles. The van der Waals surface area contributed by atoms with Crippen molar-refractivity contribution in [3.8, 4) is 22.6 Å². The van der Waals surface area contributed by atoms with E-state index >= 15 is 0 Å². The molecule has 0 aliphatic rings. The Labute approximate surface area is 213 Å². The van der Waals surface area contributed by atoms with E-state index in [-0.39, 0.29) is 27.7 Å². The average molecular weight is 519 g/mol. The van der Waals surface area contributed by atoms with Gasteiger partial charge in [0.2, 0.25) is 5.43 Å². The molecule has 0 fully saturated rings. The summed E-state index contributed by atoms with van der Waals surface area (Å²) in [5, 5.41) is 3.31. The lowest BCUT2D eigenvalue weighted by Crippen LogP contribution is -2.23. The Hall–Kier alpha value is -4.63. The van der Waals surface area contributed by atoms with Crippen LogP contribution in [0.25, 0.3) is 22.0 Å². The number of nitrogens with one attached hydrogen (secondary N) is 2. The van der Waals surface area contributed by atoms with Crippen molar-refractivity contribution in [3.63, 3.8) is 0 Å². The number of aromatic amines is 1. The molecule has 3 heterocycles. The van der Waals surface area contributed by atoms with Gasteiger partial charge in [-0.15, -0.1) is 0 Å². The predicted octanol–water partition coefficient (Wildman–Crippen LogP) is 6.27. The molecule has 5 aromatic rings. The third-order valence-corrected chi connectivity index (χ3v) is 5.83. The number of aryl methyl sites for hydroxylation is 1. The van der Waals surface area contributed by atoms with Crippen LogP contribution in [0.4, 0.5) is 14.5 Å². The molecule has 184 valence electrons. The summed E-state index contributed by atoms with van der Waals surface area (Å²) < 4.78 is 33.9. The van der Waals surface area contributed by atoms with Crippen molar-refractivity contribution in [2.45, 2.75) is 6.92 Å². The molecule has 0 atom stereocenters. The zero-order valence-corrected chi connectivity index (χ0v) is 19.9. The van der Waals surface area contributed by atoms with E-state index in [1.54, 1.807) is 19.1 Å². The maximum Gasteiger partial charge on any atom is 0.261 e. The molecule has 0 saturated heterocycles. The van der Waals surface area contributed by atoms with Gasteiger partial charge in [0.15, 0.2) is 11.6 Å². The Balaban J connectivity index is 1.40. The molecule has 0 bridgehead atoms. The summed E-state index contributed by atoms with van der Waals surface area (Å²) in [7, 11) is 0. The van der Waals surface area contributed by atoms with Crippen LogP contribution in [0.3, 0.4) is 0 Å². The van der Waals surface area contributed by atoms with Crippen LogP contribution in [-0.2, 0) is 0 Å². The van der Waals surface area contributed by atoms with Gasteiger partial charge in [0.25, 0.3) is 5.91 Å². The number of aromatic nitrogens is 3. The van der Waals surface area contributed by atoms with Crippen LogP contribution in [0, 0.1) is 18.6 Å². The van der Waals surface area contributed by atoms with Gasteiger partial charge in [0.05, 0.1) is 11.7 Å². The van der Waals surface area contributed by atoms with Gasteiger partial charge in [-0.2, -0.15) is 0 Å². The van der Waals surface area contributed by atoms with Crippen molar-refractivity contribution < 1.29 is 18.3 Å². The maximum absolute atomic E-state index is 14.9. The third-order valence-electron chi connectivity index (χ3n) is 5.62. The highest BCUT2D eigenvalue weighted by molar-refractivity contribution is 6.30. The smallest absolute Gasteiger partial charge is 0.261 e. The summed E-state index contributed by atoms with van der Waals surface area (Å²) in [6.45, 7) is 1.67. The second-order valence-corrected chi connectivity index (χ2v) is 8.46. The quantitative estimate of drug-likeness (QED) is 0.267. The minimum atomic E-state index is -0.743. The number of ether oxygens (including phenoxy) is 1. The number of halogens is 3. The van der Waals surface area contributed by atoms with E-state index < -0.39 is 23.0 Å². The molecule has 5 rings (SSSR count). The van der Waals surface area contributed by atoms with E-state index in [1.807, 2.05) is 0 Å². The first-order valence-electron chi connectivity index (χ1n) is 11.0. The van der Waals surface area contributed by atoms with Gasteiger partial charge in [-0.3, -0.25) is 14.6 Å². The van der Waals surface area contributed by atoms with Gasteiger partial charge in [0.1, 0.15) is 22.3 Å². The molecule has 0 aliphatic carbocycles. The van der Waals surface area contributed by atoms with Gasteiger partial charge in [-0.05, 0) is 48.9 Å². The van der Waals surface area contributed by atoms with Crippen LogP contribution in [-0.4, -0.2) is 20.9 Å². The molecular weight excluding hydrogens is 502 g/mol. The molecule has 0 spiro atoms. The van der Waals surface area contributed by atoms with Crippen LogP contribution in [0.15, 0.2) is 78.0 Å². The zero-order valence-electron chi connectivity index (χ0n) is 19.2. The third kappa shape index (κ3) is 4.89. The van der Waals surface area contributed by atoms with Gasteiger partial charge < -0.3 is 15.0 Å². The number of fused-ring (bicyclic) bond motifs is 1. The van der Waals surface area contributed by atoms with E-state index in [4.69, 9.17) is 16.3 Å². The number of hydrogen-bond acceptors (Lipinski definition) is 5.